The van der Waals surface area contributed by atoms with E-state index in [1.54, 1.807) is 6.92 Å². The van der Waals surface area contributed by atoms with Gasteiger partial charge in [-0.2, -0.15) is 0 Å². The lowest BCUT2D eigenvalue weighted by Crippen LogP contribution is -1.99. The molecule has 0 saturated heterocycles. The van der Waals surface area contributed by atoms with Crippen LogP contribution in [0.4, 0.5) is 0 Å². The van der Waals surface area contributed by atoms with Crippen molar-refractivity contribution in [1.82, 2.24) is 0 Å². The van der Waals surface area contributed by atoms with Gasteiger partial charge in [-0.15, -0.1) is 5.92 Å². The second-order valence-corrected chi connectivity index (χ2v) is 4.90. The molecular weight excluding hydrogens is 276 g/mol. The number of aliphatic hydroxyl groups is 1. The van der Waals surface area contributed by atoms with Crippen LogP contribution in [0.5, 0.6) is 0 Å². The minimum Gasteiger partial charge on any atom is -0.469 e. The van der Waals surface area contributed by atoms with Crippen LogP contribution < -0.4 is 0 Å². The van der Waals surface area contributed by atoms with Crippen LogP contribution in [-0.2, 0) is 9.53 Å². The highest BCUT2D eigenvalue weighted by Crippen LogP contribution is 2.07. The molecule has 0 aromatic carbocycles. The van der Waals surface area contributed by atoms with E-state index in [-0.39, 0.29) is 5.97 Å². The topological polar surface area (TPSA) is 46.5 Å². The molecule has 0 radical (unpaired) electrons. The Morgan fingerprint density at radius 3 is 2.23 bits per heavy atom. The first-order valence-corrected chi connectivity index (χ1v) is 7.81. The molecule has 0 aliphatic carbocycles. The molecular formula is C19H26O3. The van der Waals surface area contributed by atoms with Crippen molar-refractivity contribution in [2.75, 3.05) is 7.11 Å². The Morgan fingerprint density at radius 1 is 0.955 bits per heavy atom. The number of ether oxygens (including phenoxy) is 1. The summed E-state index contributed by atoms with van der Waals surface area (Å²) in [6, 6.07) is 0. The molecule has 0 unspecified atom stereocenters. The highest BCUT2D eigenvalue weighted by Gasteiger charge is 1.98. The molecule has 0 saturated carbocycles. The molecule has 3 nitrogen and oxygen atoms in total. The SMILES string of the molecule is COC(=O)CCCCCCCC#CCC#CCC#C[C@H](C)O. The van der Waals surface area contributed by atoms with Gasteiger partial charge in [0.25, 0.3) is 0 Å². The summed E-state index contributed by atoms with van der Waals surface area (Å²) in [5.41, 5.74) is 0. The molecule has 0 fully saturated rings. The summed E-state index contributed by atoms with van der Waals surface area (Å²) in [6.07, 6.45) is 7.27. The summed E-state index contributed by atoms with van der Waals surface area (Å²) in [7, 11) is 1.42. The van der Waals surface area contributed by atoms with Crippen LogP contribution in [0, 0.1) is 35.5 Å². The van der Waals surface area contributed by atoms with E-state index in [1.165, 1.54) is 7.11 Å². The average Bonchev–Trinajstić information content (AvgIpc) is 2.50. The fourth-order valence-corrected chi connectivity index (χ4v) is 1.68. The lowest BCUT2D eigenvalue weighted by Gasteiger charge is -1.99. The Hall–Kier alpha value is -1.89. The van der Waals surface area contributed by atoms with Gasteiger partial charge in [0.2, 0.25) is 0 Å². The number of esters is 1. The fraction of sp³-hybridized carbons (Fsp3) is 0.632. The van der Waals surface area contributed by atoms with Gasteiger partial charge in [0.1, 0.15) is 6.10 Å². The zero-order valence-electron chi connectivity index (χ0n) is 13.7. The van der Waals surface area contributed by atoms with Crippen molar-refractivity contribution in [3.8, 4) is 35.5 Å². The normalized spacial score (nSPS) is 10.1. The maximum absolute atomic E-state index is 10.9. The first kappa shape index (κ1) is 20.1. The maximum Gasteiger partial charge on any atom is 0.305 e. The predicted octanol–water partition coefficient (Wildman–Crippen LogP) is 3.06. The monoisotopic (exact) mass is 302 g/mol. The van der Waals surface area contributed by atoms with E-state index in [0.717, 1.165) is 38.5 Å². The van der Waals surface area contributed by atoms with Crippen LogP contribution >= 0.6 is 0 Å². The van der Waals surface area contributed by atoms with Crippen LogP contribution in [0.2, 0.25) is 0 Å². The van der Waals surface area contributed by atoms with Crippen molar-refractivity contribution in [2.45, 2.75) is 70.8 Å². The minimum absolute atomic E-state index is 0.121. The second-order valence-electron chi connectivity index (χ2n) is 4.90. The van der Waals surface area contributed by atoms with Crippen LogP contribution in [0.15, 0.2) is 0 Å². The molecule has 0 aliphatic rings. The van der Waals surface area contributed by atoms with Gasteiger partial charge >= 0.3 is 5.97 Å². The Kier molecular flexibility index (Phi) is 14.2. The first-order valence-electron chi connectivity index (χ1n) is 7.81. The quantitative estimate of drug-likeness (QED) is 0.447. The number of rotatable bonds is 7. The van der Waals surface area contributed by atoms with Gasteiger partial charge in [-0.1, -0.05) is 48.9 Å². The third-order valence-corrected chi connectivity index (χ3v) is 2.82. The summed E-state index contributed by atoms with van der Waals surface area (Å²) < 4.78 is 4.59. The van der Waals surface area contributed by atoms with Gasteiger partial charge in [0.05, 0.1) is 20.0 Å². The van der Waals surface area contributed by atoms with Crippen molar-refractivity contribution >= 4 is 5.97 Å². The van der Waals surface area contributed by atoms with Crippen molar-refractivity contribution in [2.24, 2.45) is 0 Å². The Labute approximate surface area is 134 Å². The van der Waals surface area contributed by atoms with E-state index in [2.05, 4.69) is 40.3 Å². The molecule has 0 amide bonds. The van der Waals surface area contributed by atoms with E-state index in [9.17, 15) is 4.79 Å². The number of aliphatic hydroxyl groups excluding tert-OH is 1. The van der Waals surface area contributed by atoms with Gasteiger partial charge < -0.3 is 9.84 Å². The summed E-state index contributed by atoms with van der Waals surface area (Å²) >= 11 is 0. The number of methoxy groups -OCH3 is 1. The summed E-state index contributed by atoms with van der Waals surface area (Å²) in [5.74, 6) is 17.3. The summed E-state index contributed by atoms with van der Waals surface area (Å²) in [4.78, 5) is 10.9. The average molecular weight is 302 g/mol. The van der Waals surface area contributed by atoms with Gasteiger partial charge in [0, 0.05) is 12.8 Å². The molecule has 3 heteroatoms. The van der Waals surface area contributed by atoms with Crippen molar-refractivity contribution in [3.63, 3.8) is 0 Å². The van der Waals surface area contributed by atoms with Crippen LogP contribution in [0.1, 0.15) is 64.7 Å². The van der Waals surface area contributed by atoms with E-state index in [0.29, 0.717) is 19.3 Å². The standard InChI is InChI=1S/C19H26O3/c1-18(20)16-14-12-10-8-6-4-3-5-7-9-11-13-15-17-19(21)22-2/h18,20H,5-7,9,11-13,15,17H2,1-2H3/t18-/m0/s1. The third kappa shape index (κ3) is 16.2. The molecule has 0 aliphatic heterocycles. The van der Waals surface area contributed by atoms with Gasteiger partial charge in [-0.05, 0) is 19.8 Å². The largest absolute Gasteiger partial charge is 0.469 e. The highest BCUT2D eigenvalue weighted by molar-refractivity contribution is 5.68. The van der Waals surface area contributed by atoms with Crippen molar-refractivity contribution < 1.29 is 14.6 Å². The molecule has 0 aromatic heterocycles. The fourth-order valence-electron chi connectivity index (χ4n) is 1.68. The molecule has 120 valence electrons. The number of unbranched alkanes of at least 4 members (excludes halogenated alkanes) is 5. The summed E-state index contributed by atoms with van der Waals surface area (Å²) in [5, 5.41) is 8.91. The van der Waals surface area contributed by atoms with Crippen molar-refractivity contribution in [1.29, 1.82) is 0 Å². The Bertz CT molecular complexity index is 472. The smallest absolute Gasteiger partial charge is 0.305 e. The molecule has 1 N–H and O–H groups in total. The second kappa shape index (κ2) is 15.5. The number of hydrogen-bond acceptors (Lipinski definition) is 3. The molecule has 22 heavy (non-hydrogen) atoms. The Balaban J connectivity index is 3.42. The number of carbonyl (C=O) groups is 1. The lowest BCUT2D eigenvalue weighted by molar-refractivity contribution is -0.140. The first-order chi connectivity index (χ1) is 10.7. The molecule has 0 heterocycles. The Morgan fingerprint density at radius 2 is 1.55 bits per heavy atom. The van der Waals surface area contributed by atoms with Gasteiger partial charge in [0.15, 0.2) is 0 Å². The molecule has 1 atom stereocenters. The van der Waals surface area contributed by atoms with E-state index in [1.807, 2.05) is 0 Å². The van der Waals surface area contributed by atoms with E-state index >= 15 is 0 Å². The van der Waals surface area contributed by atoms with Crippen molar-refractivity contribution in [3.05, 3.63) is 0 Å². The van der Waals surface area contributed by atoms with Crippen LogP contribution in [0.3, 0.4) is 0 Å². The predicted molar refractivity (Wildman–Crippen MR) is 88.6 cm³/mol. The number of hydrogen-bond donors (Lipinski definition) is 1. The lowest BCUT2D eigenvalue weighted by atomic mass is 10.1. The van der Waals surface area contributed by atoms with Gasteiger partial charge in [-0.3, -0.25) is 4.79 Å². The number of carbonyl (C=O) groups excluding carboxylic acids is 1. The van der Waals surface area contributed by atoms with E-state index in [4.69, 9.17) is 5.11 Å². The molecule has 0 spiro atoms. The van der Waals surface area contributed by atoms with Crippen LogP contribution in [-0.4, -0.2) is 24.3 Å². The highest BCUT2D eigenvalue weighted by atomic mass is 16.5. The van der Waals surface area contributed by atoms with Crippen LogP contribution in [0.25, 0.3) is 0 Å². The third-order valence-electron chi connectivity index (χ3n) is 2.82. The van der Waals surface area contributed by atoms with E-state index < -0.39 is 6.10 Å². The summed E-state index contributed by atoms with van der Waals surface area (Å²) in [6.45, 7) is 1.63. The zero-order valence-corrected chi connectivity index (χ0v) is 13.7. The zero-order chi connectivity index (χ0) is 16.5. The molecule has 0 aromatic rings. The molecule has 0 rings (SSSR count). The minimum atomic E-state index is -0.581. The molecule has 0 bridgehead atoms. The van der Waals surface area contributed by atoms with Gasteiger partial charge in [-0.25, -0.2) is 0 Å². The maximum atomic E-state index is 10.9.